The lowest BCUT2D eigenvalue weighted by atomic mass is 9.97. The van der Waals surface area contributed by atoms with Crippen LogP contribution in [0.4, 0.5) is 0 Å². The van der Waals surface area contributed by atoms with Crippen molar-refractivity contribution >= 4 is 17.6 Å². The molecule has 1 atom stereocenters. The minimum atomic E-state index is -0.402. The van der Waals surface area contributed by atoms with E-state index < -0.39 is 5.97 Å². The van der Waals surface area contributed by atoms with Gasteiger partial charge in [0.05, 0.1) is 6.61 Å². The monoisotopic (exact) mass is 268 g/mol. The number of halogens is 1. The van der Waals surface area contributed by atoms with Gasteiger partial charge in [-0.3, -0.25) is 0 Å². The number of hydrogen-bond acceptors (Lipinski definition) is 4. The van der Waals surface area contributed by atoms with Crippen molar-refractivity contribution in [2.24, 2.45) is 5.92 Å². The maximum Gasteiger partial charge on any atom is 0.356 e. The number of carbonyl (C=O) groups is 1. The molecule has 1 N–H and O–H groups in total. The molecule has 1 unspecified atom stereocenters. The summed E-state index contributed by atoms with van der Waals surface area (Å²) in [6.45, 7) is 2.56. The number of aromatic nitrogens is 1. The van der Waals surface area contributed by atoms with Crippen molar-refractivity contribution < 1.29 is 9.53 Å². The number of ether oxygens (including phenoxy) is 1. The van der Waals surface area contributed by atoms with E-state index in [1.807, 2.05) is 0 Å². The van der Waals surface area contributed by atoms with Crippen molar-refractivity contribution in [3.63, 3.8) is 0 Å². The molecule has 0 spiro atoms. The van der Waals surface area contributed by atoms with E-state index in [-0.39, 0.29) is 5.69 Å². The third-order valence-electron chi connectivity index (χ3n) is 3.09. The Kier molecular flexibility index (Phi) is 4.96. The fourth-order valence-corrected chi connectivity index (χ4v) is 2.24. The van der Waals surface area contributed by atoms with Gasteiger partial charge in [0.1, 0.15) is 5.69 Å². The molecule has 1 aliphatic rings. The van der Waals surface area contributed by atoms with Crippen LogP contribution in [0.5, 0.6) is 0 Å². The van der Waals surface area contributed by atoms with Crippen LogP contribution in [0.2, 0.25) is 5.02 Å². The van der Waals surface area contributed by atoms with Gasteiger partial charge in [0.2, 0.25) is 0 Å². The van der Waals surface area contributed by atoms with E-state index in [1.165, 1.54) is 25.1 Å². The molecule has 98 valence electrons. The average molecular weight is 269 g/mol. The summed E-state index contributed by atoms with van der Waals surface area (Å²) < 4.78 is 5.20. The SMILES string of the molecule is O=C(OCCC1CCCNC1)c1cc(Cl)ccn1. The predicted molar refractivity (Wildman–Crippen MR) is 69.7 cm³/mol. The first kappa shape index (κ1) is 13.3. The largest absolute Gasteiger partial charge is 0.461 e. The highest BCUT2D eigenvalue weighted by atomic mass is 35.5. The molecule has 5 heteroatoms. The normalized spacial score (nSPS) is 19.5. The van der Waals surface area contributed by atoms with Crippen LogP contribution in [0.15, 0.2) is 18.3 Å². The minimum absolute atomic E-state index is 0.268. The van der Waals surface area contributed by atoms with Gasteiger partial charge >= 0.3 is 5.97 Å². The van der Waals surface area contributed by atoms with E-state index in [9.17, 15) is 4.79 Å². The Morgan fingerprint density at radius 3 is 3.22 bits per heavy atom. The fraction of sp³-hybridized carbons (Fsp3) is 0.538. The Morgan fingerprint density at radius 2 is 2.50 bits per heavy atom. The van der Waals surface area contributed by atoms with Crippen molar-refractivity contribution in [2.45, 2.75) is 19.3 Å². The van der Waals surface area contributed by atoms with Crippen LogP contribution in [0.25, 0.3) is 0 Å². The number of pyridine rings is 1. The van der Waals surface area contributed by atoms with E-state index in [0.29, 0.717) is 17.5 Å². The number of nitrogens with one attached hydrogen (secondary N) is 1. The summed E-state index contributed by atoms with van der Waals surface area (Å²) in [5.41, 5.74) is 0.268. The summed E-state index contributed by atoms with van der Waals surface area (Å²) in [6.07, 6.45) is 4.82. The maximum absolute atomic E-state index is 11.7. The Hall–Kier alpha value is -1.13. The first-order chi connectivity index (χ1) is 8.75. The van der Waals surface area contributed by atoms with Crippen molar-refractivity contribution in [3.05, 3.63) is 29.0 Å². The van der Waals surface area contributed by atoms with Crippen LogP contribution in [0.3, 0.4) is 0 Å². The molecular weight excluding hydrogens is 252 g/mol. The molecule has 2 heterocycles. The summed E-state index contributed by atoms with van der Waals surface area (Å²) in [7, 11) is 0. The fourth-order valence-electron chi connectivity index (χ4n) is 2.08. The zero-order chi connectivity index (χ0) is 12.8. The number of esters is 1. The third kappa shape index (κ3) is 3.96. The molecule has 1 saturated heterocycles. The number of carbonyl (C=O) groups excluding carboxylic acids is 1. The summed E-state index contributed by atoms with van der Waals surface area (Å²) >= 11 is 5.79. The number of piperidine rings is 1. The van der Waals surface area contributed by atoms with Crippen molar-refractivity contribution in [1.82, 2.24) is 10.3 Å². The number of nitrogens with zero attached hydrogens (tertiary/aromatic N) is 1. The van der Waals surface area contributed by atoms with E-state index >= 15 is 0 Å². The smallest absolute Gasteiger partial charge is 0.356 e. The number of hydrogen-bond donors (Lipinski definition) is 1. The Bertz CT molecular complexity index is 406. The highest BCUT2D eigenvalue weighted by Crippen LogP contribution is 2.14. The van der Waals surface area contributed by atoms with Crippen LogP contribution in [0.1, 0.15) is 29.8 Å². The van der Waals surface area contributed by atoms with E-state index in [4.69, 9.17) is 16.3 Å². The third-order valence-corrected chi connectivity index (χ3v) is 3.32. The summed E-state index contributed by atoms with van der Waals surface area (Å²) in [4.78, 5) is 15.6. The molecule has 2 rings (SSSR count). The molecule has 4 nitrogen and oxygen atoms in total. The van der Waals surface area contributed by atoms with Crippen LogP contribution < -0.4 is 5.32 Å². The van der Waals surface area contributed by atoms with E-state index in [1.54, 1.807) is 6.07 Å². The highest BCUT2D eigenvalue weighted by Gasteiger charge is 2.14. The molecular formula is C13H17ClN2O2. The molecule has 0 saturated carbocycles. The second-order valence-electron chi connectivity index (χ2n) is 4.50. The molecule has 0 amide bonds. The van der Waals surface area contributed by atoms with Crippen LogP contribution >= 0.6 is 11.6 Å². The Morgan fingerprint density at radius 1 is 1.61 bits per heavy atom. The van der Waals surface area contributed by atoms with Crippen LogP contribution in [0, 0.1) is 5.92 Å². The maximum atomic E-state index is 11.7. The molecule has 0 aromatic carbocycles. The van der Waals surface area contributed by atoms with Gasteiger partial charge in [-0.15, -0.1) is 0 Å². The molecule has 1 aromatic rings. The van der Waals surface area contributed by atoms with Crippen molar-refractivity contribution in [3.8, 4) is 0 Å². The van der Waals surface area contributed by atoms with Crippen LogP contribution in [-0.4, -0.2) is 30.6 Å². The molecule has 0 bridgehead atoms. The lowest BCUT2D eigenvalue weighted by Crippen LogP contribution is -2.30. The van der Waals surface area contributed by atoms with Crippen molar-refractivity contribution in [1.29, 1.82) is 0 Å². The standard InChI is InChI=1S/C13H17ClN2O2/c14-11-3-6-16-12(8-11)13(17)18-7-4-10-2-1-5-15-9-10/h3,6,8,10,15H,1-2,4-5,7,9H2. The molecule has 1 aliphatic heterocycles. The second kappa shape index (κ2) is 6.71. The van der Waals surface area contributed by atoms with Gasteiger partial charge in [-0.05, 0) is 50.4 Å². The van der Waals surface area contributed by atoms with Gasteiger partial charge in [0.25, 0.3) is 0 Å². The van der Waals surface area contributed by atoms with Gasteiger partial charge in [-0.25, -0.2) is 9.78 Å². The first-order valence-corrected chi connectivity index (χ1v) is 6.63. The number of rotatable bonds is 4. The second-order valence-corrected chi connectivity index (χ2v) is 4.93. The van der Waals surface area contributed by atoms with Gasteiger partial charge in [0, 0.05) is 11.2 Å². The zero-order valence-electron chi connectivity index (χ0n) is 10.2. The predicted octanol–water partition coefficient (Wildman–Crippen LogP) is 2.28. The Labute approximate surface area is 112 Å². The summed E-state index contributed by atoms with van der Waals surface area (Å²) in [5, 5.41) is 3.84. The molecule has 0 radical (unpaired) electrons. The first-order valence-electron chi connectivity index (χ1n) is 6.25. The summed E-state index contributed by atoms with van der Waals surface area (Å²) in [6, 6.07) is 3.15. The van der Waals surface area contributed by atoms with Gasteiger partial charge < -0.3 is 10.1 Å². The molecule has 18 heavy (non-hydrogen) atoms. The molecule has 0 aliphatic carbocycles. The van der Waals surface area contributed by atoms with Gasteiger partial charge in [-0.1, -0.05) is 11.6 Å². The lowest BCUT2D eigenvalue weighted by molar-refractivity contribution is 0.0470. The van der Waals surface area contributed by atoms with Gasteiger partial charge in [-0.2, -0.15) is 0 Å². The van der Waals surface area contributed by atoms with E-state index in [0.717, 1.165) is 19.5 Å². The lowest BCUT2D eigenvalue weighted by Gasteiger charge is -2.22. The average Bonchev–Trinajstić information content (AvgIpc) is 2.40. The highest BCUT2D eigenvalue weighted by molar-refractivity contribution is 6.30. The van der Waals surface area contributed by atoms with Crippen LogP contribution in [-0.2, 0) is 4.74 Å². The summed E-state index contributed by atoms with van der Waals surface area (Å²) in [5.74, 6) is 0.208. The van der Waals surface area contributed by atoms with E-state index in [2.05, 4.69) is 10.3 Å². The van der Waals surface area contributed by atoms with Gasteiger partial charge in [0.15, 0.2) is 0 Å². The van der Waals surface area contributed by atoms with Crippen molar-refractivity contribution in [2.75, 3.05) is 19.7 Å². The minimum Gasteiger partial charge on any atom is -0.461 e. The Balaban J connectivity index is 1.74. The quantitative estimate of drug-likeness (QED) is 0.852. The molecule has 1 fully saturated rings. The zero-order valence-corrected chi connectivity index (χ0v) is 10.9. The topological polar surface area (TPSA) is 51.2 Å². The molecule has 1 aromatic heterocycles.